The summed E-state index contributed by atoms with van der Waals surface area (Å²) >= 11 is 0. The molecule has 108 valence electrons. The zero-order chi connectivity index (χ0) is 15.9. The van der Waals surface area contributed by atoms with Crippen LogP contribution in [0.5, 0.6) is 0 Å². The Kier molecular flexibility index (Phi) is 10.9. The molecule has 0 aliphatic rings. The molecule has 0 N–H and O–H groups in total. The molecule has 2 aromatic carbocycles. The van der Waals surface area contributed by atoms with Crippen LogP contribution in [0.1, 0.15) is 16.7 Å². The van der Waals surface area contributed by atoms with Gasteiger partial charge in [-0.05, 0) is 23.6 Å². The van der Waals surface area contributed by atoms with E-state index in [-0.39, 0.29) is 0 Å². The Labute approximate surface area is 129 Å². The summed E-state index contributed by atoms with van der Waals surface area (Å²) in [4.78, 5) is 0. The van der Waals surface area contributed by atoms with Crippen molar-refractivity contribution in [1.29, 1.82) is 0 Å². The van der Waals surface area contributed by atoms with Crippen molar-refractivity contribution in [2.75, 3.05) is 0 Å². The summed E-state index contributed by atoms with van der Waals surface area (Å²) in [7, 11) is 0. The van der Waals surface area contributed by atoms with Crippen molar-refractivity contribution in [2.45, 2.75) is 6.92 Å². The predicted molar refractivity (Wildman–Crippen MR) is 98.2 cm³/mol. The molecule has 0 heteroatoms. The van der Waals surface area contributed by atoms with E-state index >= 15 is 0 Å². The van der Waals surface area contributed by atoms with E-state index in [1.807, 2.05) is 60.7 Å². The zero-order valence-electron chi connectivity index (χ0n) is 12.8. The third-order valence-electron chi connectivity index (χ3n) is 2.62. The van der Waals surface area contributed by atoms with Crippen molar-refractivity contribution in [3.8, 4) is 0 Å². The van der Waals surface area contributed by atoms with Crippen LogP contribution in [-0.4, -0.2) is 0 Å². The fourth-order valence-corrected chi connectivity index (χ4v) is 1.55. The molecule has 0 amide bonds. The Hall–Kier alpha value is -2.60. The molecule has 0 atom stereocenters. The summed E-state index contributed by atoms with van der Waals surface area (Å²) < 4.78 is 0. The van der Waals surface area contributed by atoms with Crippen molar-refractivity contribution < 1.29 is 0 Å². The van der Waals surface area contributed by atoms with Gasteiger partial charge in [-0.25, -0.2) is 0 Å². The summed E-state index contributed by atoms with van der Waals surface area (Å²) in [6, 6.07) is 18.1. The van der Waals surface area contributed by atoms with Gasteiger partial charge in [-0.2, -0.15) is 0 Å². The van der Waals surface area contributed by atoms with Gasteiger partial charge in [0.05, 0.1) is 0 Å². The lowest BCUT2D eigenvalue weighted by atomic mass is 10.0. The number of hydrogen-bond donors (Lipinski definition) is 0. The molecule has 0 saturated heterocycles. The van der Waals surface area contributed by atoms with Gasteiger partial charge in [0.1, 0.15) is 0 Å². The van der Waals surface area contributed by atoms with E-state index in [0.717, 1.165) is 5.56 Å². The predicted octanol–water partition coefficient (Wildman–Crippen LogP) is 6.33. The largest absolute Gasteiger partial charge is 0.0991 e. The van der Waals surface area contributed by atoms with E-state index in [2.05, 4.69) is 39.3 Å². The maximum Gasteiger partial charge on any atom is -0.0161 e. The maximum absolute atomic E-state index is 3.75. The van der Waals surface area contributed by atoms with Gasteiger partial charge >= 0.3 is 0 Å². The smallest absolute Gasteiger partial charge is 0.0161 e. The van der Waals surface area contributed by atoms with Gasteiger partial charge in [-0.3, -0.25) is 0 Å². The molecule has 0 aliphatic carbocycles. The first-order valence-corrected chi connectivity index (χ1v) is 6.79. The molecular weight excluding hydrogens is 252 g/mol. The normalized spacial score (nSPS) is 8.05. The Morgan fingerprint density at radius 1 is 0.667 bits per heavy atom. The molecule has 2 rings (SSSR count). The number of hydrogen-bond acceptors (Lipinski definition) is 0. The van der Waals surface area contributed by atoms with Gasteiger partial charge in [0.25, 0.3) is 0 Å². The fourth-order valence-electron chi connectivity index (χ4n) is 1.55. The summed E-state index contributed by atoms with van der Waals surface area (Å²) in [6.45, 7) is 16.3. The quantitative estimate of drug-likeness (QED) is 0.575. The van der Waals surface area contributed by atoms with Crippen molar-refractivity contribution in [3.63, 3.8) is 0 Å². The fraction of sp³-hybridized carbons (Fsp3) is 0.0476. The minimum Gasteiger partial charge on any atom is -0.0991 e. The van der Waals surface area contributed by atoms with Crippen LogP contribution >= 0.6 is 0 Å². The van der Waals surface area contributed by atoms with Crippen LogP contribution in [0.2, 0.25) is 0 Å². The van der Waals surface area contributed by atoms with Crippen LogP contribution < -0.4 is 0 Å². The molecule has 0 fully saturated rings. The average Bonchev–Trinajstić information content (AvgIpc) is 2.57. The van der Waals surface area contributed by atoms with Crippen molar-refractivity contribution >= 4 is 12.2 Å². The molecule has 0 spiro atoms. The molecule has 0 radical (unpaired) electrons. The van der Waals surface area contributed by atoms with E-state index in [9.17, 15) is 0 Å². The SMILES string of the molecule is C=CC=C.C=Cc1cccc(C)c1C=C.c1ccccc1. The minimum absolute atomic E-state index is 1.15. The summed E-state index contributed by atoms with van der Waals surface area (Å²) in [6.07, 6.45) is 7.00. The number of rotatable bonds is 3. The highest BCUT2D eigenvalue weighted by Crippen LogP contribution is 2.15. The molecule has 0 aliphatic heterocycles. The maximum atomic E-state index is 3.75. The van der Waals surface area contributed by atoms with Crippen LogP contribution in [-0.2, 0) is 0 Å². The molecule has 0 unspecified atom stereocenters. The van der Waals surface area contributed by atoms with E-state index in [4.69, 9.17) is 0 Å². The second-order valence-corrected chi connectivity index (χ2v) is 4.11. The molecule has 0 aromatic heterocycles. The van der Waals surface area contributed by atoms with Crippen molar-refractivity contribution in [1.82, 2.24) is 0 Å². The van der Waals surface area contributed by atoms with E-state index in [0.29, 0.717) is 0 Å². The summed E-state index contributed by atoms with van der Waals surface area (Å²) in [5.41, 5.74) is 3.58. The van der Waals surface area contributed by atoms with Crippen LogP contribution in [0.25, 0.3) is 12.2 Å². The Morgan fingerprint density at radius 2 is 1.14 bits per heavy atom. The number of aryl methyl sites for hydroxylation is 1. The second kappa shape index (κ2) is 12.4. The molecule has 21 heavy (non-hydrogen) atoms. The number of benzene rings is 2. The van der Waals surface area contributed by atoms with Gasteiger partial charge in [0.15, 0.2) is 0 Å². The van der Waals surface area contributed by atoms with Crippen molar-refractivity contribution in [2.24, 2.45) is 0 Å². The first-order chi connectivity index (χ1) is 10.2. The van der Waals surface area contributed by atoms with Crippen LogP contribution in [0.3, 0.4) is 0 Å². The molecule has 0 heterocycles. The third kappa shape index (κ3) is 8.22. The molecule has 2 aromatic rings. The molecule has 0 nitrogen and oxygen atoms in total. The van der Waals surface area contributed by atoms with Gasteiger partial charge in [0.2, 0.25) is 0 Å². The van der Waals surface area contributed by atoms with Gasteiger partial charge in [0, 0.05) is 0 Å². The third-order valence-corrected chi connectivity index (χ3v) is 2.62. The second-order valence-electron chi connectivity index (χ2n) is 4.11. The highest BCUT2D eigenvalue weighted by atomic mass is 14.0. The Morgan fingerprint density at radius 3 is 1.43 bits per heavy atom. The van der Waals surface area contributed by atoms with Gasteiger partial charge < -0.3 is 0 Å². The van der Waals surface area contributed by atoms with Crippen molar-refractivity contribution in [3.05, 3.63) is 110 Å². The zero-order valence-corrected chi connectivity index (χ0v) is 12.8. The monoisotopic (exact) mass is 276 g/mol. The van der Waals surface area contributed by atoms with E-state index < -0.39 is 0 Å². The minimum atomic E-state index is 1.15. The van der Waals surface area contributed by atoms with E-state index in [1.54, 1.807) is 12.2 Å². The van der Waals surface area contributed by atoms with Crippen LogP contribution in [0.4, 0.5) is 0 Å². The van der Waals surface area contributed by atoms with Crippen LogP contribution in [0, 0.1) is 6.92 Å². The Balaban J connectivity index is 0.000000335. The highest BCUT2D eigenvalue weighted by molar-refractivity contribution is 5.65. The summed E-state index contributed by atoms with van der Waals surface area (Å²) in [5, 5.41) is 0. The topological polar surface area (TPSA) is 0 Å². The van der Waals surface area contributed by atoms with Gasteiger partial charge in [-0.1, -0.05) is 105 Å². The first-order valence-electron chi connectivity index (χ1n) is 6.79. The average molecular weight is 276 g/mol. The number of allylic oxidation sites excluding steroid dienone is 2. The molecule has 0 saturated carbocycles. The lowest BCUT2D eigenvalue weighted by molar-refractivity contribution is 1.43. The lowest BCUT2D eigenvalue weighted by Crippen LogP contribution is -1.83. The summed E-state index contributed by atoms with van der Waals surface area (Å²) in [5.74, 6) is 0. The highest BCUT2D eigenvalue weighted by Gasteiger charge is 1.96. The lowest BCUT2D eigenvalue weighted by Gasteiger charge is -2.03. The molecular formula is C21H24. The van der Waals surface area contributed by atoms with E-state index in [1.165, 1.54) is 11.1 Å². The first kappa shape index (κ1) is 18.4. The molecule has 0 bridgehead atoms. The van der Waals surface area contributed by atoms with Crippen LogP contribution in [0.15, 0.2) is 93.1 Å². The Bertz CT molecular complexity index is 515. The standard InChI is InChI=1S/C11H12.C6H6.C4H6/c1-4-10-8-6-7-9(3)11(10)5-2;1-2-4-6-5-3-1;1-3-4-2/h4-8H,1-2H2,3H3;1-6H;3-4H,1-2H2. The van der Waals surface area contributed by atoms with Gasteiger partial charge in [-0.15, -0.1) is 0 Å².